The predicted octanol–water partition coefficient (Wildman–Crippen LogP) is 4.34. The molecule has 2 rings (SSSR count). The summed E-state index contributed by atoms with van der Waals surface area (Å²) in [6.07, 6.45) is 0.185. The molecule has 26 heavy (non-hydrogen) atoms. The summed E-state index contributed by atoms with van der Waals surface area (Å²) >= 11 is 6.07. The molecule has 0 fully saturated rings. The second-order valence-corrected chi connectivity index (χ2v) is 7.05. The van der Waals surface area contributed by atoms with Crippen LogP contribution in [0.15, 0.2) is 54.6 Å². The largest absolute Gasteiger partial charge is 0.349 e. The Kier molecular flexibility index (Phi) is 7.22. The minimum Gasteiger partial charge on any atom is -0.349 e. The minimum atomic E-state index is -0.407. The van der Waals surface area contributed by atoms with Gasteiger partial charge in [0, 0.05) is 24.5 Å². The molecule has 0 aliphatic rings. The zero-order valence-electron chi connectivity index (χ0n) is 15.4. The number of carbonyl (C=O) groups is 2. The third-order valence-electron chi connectivity index (χ3n) is 4.15. The fourth-order valence-corrected chi connectivity index (χ4v) is 3.05. The van der Waals surface area contributed by atoms with E-state index in [1.54, 1.807) is 12.1 Å². The number of nitrogens with one attached hydrogen (secondary N) is 1. The standard InChI is InChI=1S/C21H25ClN2O2/c1-15(2)24(14-17-8-5-4-6-9-17)21(26)13-20(23-16(3)25)18-10-7-11-19(22)12-18/h4-12,15,20H,13-14H2,1-3H3,(H,23,25). The summed E-state index contributed by atoms with van der Waals surface area (Å²) in [6.45, 7) is 5.98. The molecule has 2 aromatic rings. The molecule has 138 valence electrons. The molecule has 1 unspecified atom stereocenters. The normalized spacial score (nSPS) is 11.9. The quantitative estimate of drug-likeness (QED) is 0.785. The fraction of sp³-hybridized carbons (Fsp3) is 0.333. The molecule has 0 heterocycles. The third-order valence-corrected chi connectivity index (χ3v) is 4.38. The number of carbonyl (C=O) groups excluding carboxylic acids is 2. The van der Waals surface area contributed by atoms with E-state index < -0.39 is 6.04 Å². The lowest BCUT2D eigenvalue weighted by Gasteiger charge is -2.29. The molecular formula is C21H25ClN2O2. The average Bonchev–Trinajstić information content (AvgIpc) is 2.59. The van der Waals surface area contributed by atoms with Gasteiger partial charge in [-0.05, 0) is 37.1 Å². The van der Waals surface area contributed by atoms with Gasteiger partial charge in [-0.25, -0.2) is 0 Å². The van der Waals surface area contributed by atoms with Crippen LogP contribution in [0.4, 0.5) is 0 Å². The van der Waals surface area contributed by atoms with Gasteiger partial charge in [0.1, 0.15) is 0 Å². The maximum absolute atomic E-state index is 13.0. The van der Waals surface area contributed by atoms with E-state index in [0.717, 1.165) is 11.1 Å². The Morgan fingerprint density at radius 1 is 1.08 bits per heavy atom. The number of nitrogens with zero attached hydrogens (tertiary/aromatic N) is 1. The average molecular weight is 373 g/mol. The van der Waals surface area contributed by atoms with E-state index in [1.807, 2.05) is 61.2 Å². The molecule has 1 atom stereocenters. The molecule has 0 saturated heterocycles. The highest BCUT2D eigenvalue weighted by atomic mass is 35.5. The van der Waals surface area contributed by atoms with Crippen molar-refractivity contribution in [2.75, 3.05) is 0 Å². The van der Waals surface area contributed by atoms with Gasteiger partial charge in [0.15, 0.2) is 0 Å². The van der Waals surface area contributed by atoms with Crippen LogP contribution in [-0.4, -0.2) is 22.8 Å². The first kappa shape index (κ1) is 20.0. The van der Waals surface area contributed by atoms with Crippen molar-refractivity contribution < 1.29 is 9.59 Å². The van der Waals surface area contributed by atoms with Gasteiger partial charge in [0.25, 0.3) is 0 Å². The van der Waals surface area contributed by atoms with Gasteiger partial charge in [0.05, 0.1) is 12.5 Å². The summed E-state index contributed by atoms with van der Waals surface area (Å²) < 4.78 is 0. The highest BCUT2D eigenvalue weighted by Crippen LogP contribution is 2.22. The minimum absolute atomic E-state index is 0.0115. The molecule has 0 radical (unpaired) electrons. The zero-order valence-corrected chi connectivity index (χ0v) is 16.2. The first-order chi connectivity index (χ1) is 12.4. The summed E-state index contributed by atoms with van der Waals surface area (Å²) in [5.74, 6) is -0.190. The van der Waals surface area contributed by atoms with Crippen molar-refractivity contribution in [1.29, 1.82) is 0 Å². The van der Waals surface area contributed by atoms with E-state index in [1.165, 1.54) is 6.92 Å². The monoisotopic (exact) mass is 372 g/mol. The van der Waals surface area contributed by atoms with Crippen molar-refractivity contribution >= 4 is 23.4 Å². The number of benzene rings is 2. The number of hydrogen-bond donors (Lipinski definition) is 1. The Morgan fingerprint density at radius 3 is 2.35 bits per heavy atom. The van der Waals surface area contributed by atoms with Crippen molar-refractivity contribution in [2.45, 2.75) is 45.8 Å². The topological polar surface area (TPSA) is 49.4 Å². The molecule has 0 saturated carbocycles. The Morgan fingerprint density at radius 2 is 1.77 bits per heavy atom. The molecule has 2 amide bonds. The van der Waals surface area contributed by atoms with Gasteiger partial charge in [-0.1, -0.05) is 54.1 Å². The lowest BCUT2D eigenvalue weighted by atomic mass is 10.0. The van der Waals surface area contributed by atoms with Crippen LogP contribution in [0.1, 0.15) is 44.4 Å². The third kappa shape index (κ3) is 5.88. The maximum Gasteiger partial charge on any atom is 0.225 e. The van der Waals surface area contributed by atoms with Crippen LogP contribution in [-0.2, 0) is 16.1 Å². The number of halogens is 1. The van der Waals surface area contributed by atoms with E-state index in [0.29, 0.717) is 11.6 Å². The summed E-state index contributed by atoms with van der Waals surface area (Å²) in [5, 5.41) is 3.45. The Bertz CT molecular complexity index is 747. The van der Waals surface area contributed by atoms with Crippen LogP contribution >= 0.6 is 11.6 Å². The van der Waals surface area contributed by atoms with Gasteiger partial charge in [0.2, 0.25) is 11.8 Å². The molecule has 4 nitrogen and oxygen atoms in total. The van der Waals surface area contributed by atoms with Crippen molar-refractivity contribution in [3.63, 3.8) is 0 Å². The maximum atomic E-state index is 13.0. The SMILES string of the molecule is CC(=O)NC(CC(=O)N(Cc1ccccc1)C(C)C)c1cccc(Cl)c1. The van der Waals surface area contributed by atoms with Crippen LogP contribution in [0, 0.1) is 0 Å². The summed E-state index contributed by atoms with van der Waals surface area (Å²) in [5.41, 5.74) is 1.90. The fourth-order valence-electron chi connectivity index (χ4n) is 2.85. The van der Waals surface area contributed by atoms with Crippen molar-refractivity contribution in [2.24, 2.45) is 0 Å². The van der Waals surface area contributed by atoms with Gasteiger partial charge in [-0.2, -0.15) is 0 Å². The lowest BCUT2D eigenvalue weighted by molar-refractivity contribution is -0.134. The summed E-state index contributed by atoms with van der Waals surface area (Å²) in [7, 11) is 0. The zero-order chi connectivity index (χ0) is 19.1. The Hall–Kier alpha value is -2.33. The molecular weight excluding hydrogens is 348 g/mol. The number of rotatable bonds is 7. The van der Waals surface area contributed by atoms with E-state index in [2.05, 4.69) is 5.32 Å². The van der Waals surface area contributed by atoms with Gasteiger partial charge < -0.3 is 10.2 Å². The van der Waals surface area contributed by atoms with Gasteiger partial charge >= 0.3 is 0 Å². The summed E-state index contributed by atoms with van der Waals surface area (Å²) in [4.78, 5) is 26.4. The molecule has 0 spiro atoms. The highest BCUT2D eigenvalue weighted by molar-refractivity contribution is 6.30. The predicted molar refractivity (Wildman–Crippen MR) is 105 cm³/mol. The van der Waals surface area contributed by atoms with E-state index >= 15 is 0 Å². The second-order valence-electron chi connectivity index (χ2n) is 6.61. The number of hydrogen-bond acceptors (Lipinski definition) is 2. The van der Waals surface area contributed by atoms with Crippen molar-refractivity contribution in [3.05, 3.63) is 70.7 Å². The van der Waals surface area contributed by atoms with Gasteiger partial charge in [-0.15, -0.1) is 0 Å². The Balaban J connectivity index is 2.18. The van der Waals surface area contributed by atoms with Crippen molar-refractivity contribution in [1.82, 2.24) is 10.2 Å². The molecule has 5 heteroatoms. The van der Waals surface area contributed by atoms with Crippen LogP contribution in [0.5, 0.6) is 0 Å². The Labute approximate surface area is 160 Å². The van der Waals surface area contributed by atoms with Crippen LogP contribution in [0.3, 0.4) is 0 Å². The molecule has 0 aliphatic carbocycles. The second kappa shape index (κ2) is 9.39. The van der Waals surface area contributed by atoms with Crippen LogP contribution in [0.25, 0.3) is 0 Å². The first-order valence-electron chi connectivity index (χ1n) is 8.72. The smallest absolute Gasteiger partial charge is 0.225 e. The molecule has 2 aromatic carbocycles. The highest BCUT2D eigenvalue weighted by Gasteiger charge is 2.23. The van der Waals surface area contributed by atoms with E-state index in [4.69, 9.17) is 11.6 Å². The molecule has 0 aliphatic heterocycles. The van der Waals surface area contributed by atoms with Crippen LogP contribution in [0.2, 0.25) is 5.02 Å². The molecule has 0 aromatic heterocycles. The van der Waals surface area contributed by atoms with E-state index in [9.17, 15) is 9.59 Å². The lowest BCUT2D eigenvalue weighted by Crippen LogP contribution is -2.39. The summed E-state index contributed by atoms with van der Waals surface area (Å²) in [6, 6.07) is 16.8. The van der Waals surface area contributed by atoms with Gasteiger partial charge in [-0.3, -0.25) is 9.59 Å². The molecule has 1 N–H and O–H groups in total. The number of amides is 2. The van der Waals surface area contributed by atoms with E-state index in [-0.39, 0.29) is 24.3 Å². The van der Waals surface area contributed by atoms with Crippen molar-refractivity contribution in [3.8, 4) is 0 Å². The molecule has 0 bridgehead atoms. The first-order valence-corrected chi connectivity index (χ1v) is 9.10. The van der Waals surface area contributed by atoms with Crippen LogP contribution < -0.4 is 5.32 Å².